The van der Waals surface area contributed by atoms with Crippen LogP contribution >= 0.6 is 11.6 Å². The van der Waals surface area contributed by atoms with E-state index in [4.69, 9.17) is 21.1 Å². The monoisotopic (exact) mass is 436 g/mol. The molecule has 8 nitrogen and oxygen atoms in total. The Morgan fingerprint density at radius 1 is 1.17 bits per heavy atom. The maximum atomic E-state index is 12.1. The zero-order valence-electron chi connectivity index (χ0n) is 17.0. The Bertz CT molecular complexity index is 862. The zero-order chi connectivity index (χ0) is 22.1. The molecule has 0 unspecified atom stereocenters. The molecule has 0 heterocycles. The fraction of sp³-hybridized carbons (Fsp3) is 0.333. The van der Waals surface area contributed by atoms with E-state index in [9.17, 15) is 14.7 Å². The van der Waals surface area contributed by atoms with Crippen LogP contribution in [0.5, 0.6) is 5.75 Å². The van der Waals surface area contributed by atoms with Gasteiger partial charge in [-0.25, -0.2) is 9.59 Å². The quantitative estimate of drug-likeness (QED) is 0.520. The third-order valence-electron chi connectivity index (χ3n) is 4.25. The van der Waals surface area contributed by atoms with Gasteiger partial charge in [0.1, 0.15) is 11.3 Å². The highest BCUT2D eigenvalue weighted by Gasteiger charge is 2.18. The van der Waals surface area contributed by atoms with Crippen LogP contribution in [0, 0.1) is 0 Å². The van der Waals surface area contributed by atoms with Crippen LogP contribution in [0.2, 0.25) is 5.02 Å². The molecular formula is C21H25ClN2O6. The molecule has 2 amide bonds. The number of halogens is 1. The molecule has 30 heavy (non-hydrogen) atoms. The van der Waals surface area contributed by atoms with Crippen molar-refractivity contribution in [3.63, 3.8) is 0 Å². The number of esters is 1. The Morgan fingerprint density at radius 3 is 2.50 bits per heavy atom. The van der Waals surface area contributed by atoms with Gasteiger partial charge < -0.3 is 30.0 Å². The number of benzene rings is 2. The summed E-state index contributed by atoms with van der Waals surface area (Å²) in [7, 11) is 2.62. The number of carbonyl (C=O) groups is 2. The van der Waals surface area contributed by atoms with Gasteiger partial charge in [0.05, 0.1) is 43.7 Å². The van der Waals surface area contributed by atoms with Gasteiger partial charge in [0, 0.05) is 12.6 Å². The van der Waals surface area contributed by atoms with Gasteiger partial charge in [0.25, 0.3) is 0 Å². The van der Waals surface area contributed by atoms with Gasteiger partial charge in [-0.3, -0.25) is 0 Å². The first-order valence-electron chi connectivity index (χ1n) is 9.21. The maximum Gasteiger partial charge on any atom is 0.341 e. The Balaban J connectivity index is 1.86. The molecule has 0 saturated heterocycles. The van der Waals surface area contributed by atoms with E-state index in [2.05, 4.69) is 15.4 Å². The highest BCUT2D eigenvalue weighted by molar-refractivity contribution is 6.34. The normalized spacial score (nSPS) is 12.6. The molecule has 2 atom stereocenters. The van der Waals surface area contributed by atoms with Gasteiger partial charge in [-0.2, -0.15) is 0 Å². The summed E-state index contributed by atoms with van der Waals surface area (Å²) in [4.78, 5) is 23.9. The number of ether oxygens (including phenoxy) is 3. The van der Waals surface area contributed by atoms with Gasteiger partial charge >= 0.3 is 12.0 Å². The summed E-state index contributed by atoms with van der Waals surface area (Å²) >= 11 is 6.13. The number of nitrogens with one attached hydrogen (secondary N) is 2. The lowest BCUT2D eigenvalue weighted by atomic mass is 10.1. The lowest BCUT2D eigenvalue weighted by molar-refractivity contribution is -0.000953. The van der Waals surface area contributed by atoms with Crippen LogP contribution in [0.1, 0.15) is 28.9 Å². The molecule has 0 bridgehead atoms. The smallest absolute Gasteiger partial charge is 0.341 e. The molecule has 0 fully saturated rings. The molecular weight excluding hydrogens is 412 g/mol. The van der Waals surface area contributed by atoms with Crippen molar-refractivity contribution in [2.24, 2.45) is 0 Å². The zero-order valence-corrected chi connectivity index (χ0v) is 17.7. The minimum absolute atomic E-state index is 0.0255. The molecule has 2 rings (SSSR count). The molecule has 2 aromatic carbocycles. The van der Waals surface area contributed by atoms with Crippen molar-refractivity contribution in [3.8, 4) is 5.75 Å². The molecule has 0 aliphatic carbocycles. The molecule has 3 N–H and O–H groups in total. The fourth-order valence-corrected chi connectivity index (χ4v) is 2.81. The van der Waals surface area contributed by atoms with E-state index in [0.29, 0.717) is 0 Å². The van der Waals surface area contributed by atoms with Gasteiger partial charge in [0.15, 0.2) is 0 Å². The number of anilines is 1. The molecule has 0 spiro atoms. The predicted octanol–water partition coefficient (Wildman–Crippen LogP) is 3.40. The SMILES string of the molecule is COC(=O)c1cc(Cl)c(NC(=O)NC[C@H](O)CO[C@@H](C)c2ccccc2)cc1OC. The van der Waals surface area contributed by atoms with E-state index < -0.39 is 18.1 Å². The van der Waals surface area contributed by atoms with E-state index >= 15 is 0 Å². The molecule has 0 radical (unpaired) electrons. The van der Waals surface area contributed by atoms with E-state index in [0.717, 1.165) is 5.56 Å². The first-order valence-corrected chi connectivity index (χ1v) is 9.58. The van der Waals surface area contributed by atoms with Crippen molar-refractivity contribution in [1.82, 2.24) is 5.32 Å². The lowest BCUT2D eigenvalue weighted by Gasteiger charge is -2.18. The number of hydrogen-bond donors (Lipinski definition) is 3. The van der Waals surface area contributed by atoms with Gasteiger partial charge in [0.2, 0.25) is 0 Å². The van der Waals surface area contributed by atoms with Crippen molar-refractivity contribution in [2.45, 2.75) is 19.1 Å². The van der Waals surface area contributed by atoms with Crippen LogP contribution in [0.3, 0.4) is 0 Å². The molecule has 2 aromatic rings. The van der Waals surface area contributed by atoms with Crippen molar-refractivity contribution >= 4 is 29.3 Å². The highest BCUT2D eigenvalue weighted by Crippen LogP contribution is 2.31. The largest absolute Gasteiger partial charge is 0.496 e. The minimum Gasteiger partial charge on any atom is -0.496 e. The second-order valence-corrected chi connectivity index (χ2v) is 6.81. The second kappa shape index (κ2) is 11.4. The van der Waals surface area contributed by atoms with Crippen LogP contribution < -0.4 is 15.4 Å². The Kier molecular flexibility index (Phi) is 8.91. The summed E-state index contributed by atoms with van der Waals surface area (Å²) in [5.74, 6) is -0.414. The molecule has 9 heteroatoms. The van der Waals surface area contributed by atoms with Gasteiger partial charge in [-0.1, -0.05) is 41.9 Å². The van der Waals surface area contributed by atoms with Crippen molar-refractivity contribution in [2.75, 3.05) is 32.7 Å². The van der Waals surface area contributed by atoms with E-state index in [1.54, 1.807) is 0 Å². The van der Waals surface area contributed by atoms with Crippen LogP contribution in [0.15, 0.2) is 42.5 Å². The third kappa shape index (κ3) is 6.62. The number of carbonyl (C=O) groups excluding carboxylic acids is 2. The average molecular weight is 437 g/mol. The van der Waals surface area contributed by atoms with Crippen LogP contribution in [-0.4, -0.2) is 50.6 Å². The topological polar surface area (TPSA) is 106 Å². The van der Waals surface area contributed by atoms with E-state index in [1.165, 1.54) is 26.4 Å². The van der Waals surface area contributed by atoms with Crippen molar-refractivity contribution in [1.29, 1.82) is 0 Å². The van der Waals surface area contributed by atoms with Gasteiger partial charge in [-0.05, 0) is 18.6 Å². The molecule has 0 aliphatic rings. The molecule has 162 valence electrons. The number of hydrogen-bond acceptors (Lipinski definition) is 6. The molecule has 0 aromatic heterocycles. The maximum absolute atomic E-state index is 12.1. The molecule has 0 aliphatic heterocycles. The summed E-state index contributed by atoms with van der Waals surface area (Å²) in [5, 5.41) is 15.3. The number of urea groups is 1. The number of aliphatic hydroxyl groups excluding tert-OH is 1. The minimum atomic E-state index is -0.895. The summed E-state index contributed by atoms with van der Waals surface area (Å²) < 4.78 is 15.5. The number of aliphatic hydroxyl groups is 1. The van der Waals surface area contributed by atoms with Gasteiger partial charge in [-0.15, -0.1) is 0 Å². The Labute approximate surface area is 180 Å². The van der Waals surface area contributed by atoms with Crippen molar-refractivity contribution in [3.05, 3.63) is 58.6 Å². The van der Waals surface area contributed by atoms with E-state index in [1.807, 2.05) is 37.3 Å². The summed E-state index contributed by atoms with van der Waals surface area (Å²) in [6, 6.07) is 11.8. The van der Waals surface area contributed by atoms with Crippen LogP contribution in [0.4, 0.5) is 10.5 Å². The summed E-state index contributed by atoms with van der Waals surface area (Å²) in [6.45, 7) is 1.91. The highest BCUT2D eigenvalue weighted by atomic mass is 35.5. The number of amides is 2. The molecule has 0 saturated carbocycles. The van der Waals surface area contributed by atoms with Crippen LogP contribution in [-0.2, 0) is 9.47 Å². The Morgan fingerprint density at radius 2 is 1.87 bits per heavy atom. The summed E-state index contributed by atoms with van der Waals surface area (Å²) in [6.07, 6.45) is -1.08. The average Bonchev–Trinajstić information content (AvgIpc) is 2.77. The third-order valence-corrected chi connectivity index (χ3v) is 4.56. The van der Waals surface area contributed by atoms with Crippen molar-refractivity contribution < 1.29 is 28.9 Å². The number of rotatable bonds is 9. The fourth-order valence-electron chi connectivity index (χ4n) is 2.60. The standard InChI is InChI=1S/C21H25ClN2O6/c1-13(14-7-5-4-6-8-14)30-12-15(25)11-23-21(27)24-18-10-19(28-2)16(9-17(18)22)20(26)29-3/h4-10,13,15,25H,11-12H2,1-3H3,(H2,23,24,27)/t13-,15-/m0/s1. The first kappa shape index (κ1) is 23.5. The second-order valence-electron chi connectivity index (χ2n) is 6.40. The summed E-state index contributed by atoms with van der Waals surface area (Å²) in [5.41, 5.74) is 1.37. The first-order chi connectivity index (χ1) is 14.3. The lowest BCUT2D eigenvalue weighted by Crippen LogP contribution is -2.37. The Hall–Kier alpha value is -2.81. The van der Waals surface area contributed by atoms with E-state index in [-0.39, 0.29) is 41.3 Å². The van der Waals surface area contributed by atoms with Crippen LogP contribution in [0.25, 0.3) is 0 Å². The predicted molar refractivity (Wildman–Crippen MR) is 113 cm³/mol. The number of methoxy groups -OCH3 is 2.